The fourth-order valence-corrected chi connectivity index (χ4v) is 2.58. The Hall–Kier alpha value is -0.860. The lowest BCUT2D eigenvalue weighted by molar-refractivity contribution is 0.322. The van der Waals surface area contributed by atoms with Gasteiger partial charge in [-0.25, -0.2) is 0 Å². The fourth-order valence-electron chi connectivity index (χ4n) is 2.58. The molecule has 0 N–H and O–H groups in total. The summed E-state index contributed by atoms with van der Waals surface area (Å²) in [7, 11) is 2.01. The predicted molar refractivity (Wildman–Crippen MR) is 60.6 cm³/mol. The number of hydrogen-bond donors (Lipinski definition) is 0. The molecular weight excluding hydrogens is 186 g/mol. The molecular formula is C12H21N3. The zero-order valence-electron chi connectivity index (χ0n) is 10.0. The van der Waals surface area contributed by atoms with Crippen LogP contribution in [0.4, 0.5) is 0 Å². The number of aromatic nitrogens is 3. The van der Waals surface area contributed by atoms with Crippen LogP contribution < -0.4 is 0 Å². The predicted octanol–water partition coefficient (Wildman–Crippen LogP) is 2.36. The van der Waals surface area contributed by atoms with Gasteiger partial charge < -0.3 is 0 Å². The van der Waals surface area contributed by atoms with Crippen molar-refractivity contribution in [3.05, 3.63) is 11.4 Å². The average molecular weight is 207 g/mol. The third-order valence-corrected chi connectivity index (χ3v) is 3.71. The first kappa shape index (κ1) is 10.7. The Kier molecular flexibility index (Phi) is 3.08. The zero-order chi connectivity index (χ0) is 10.8. The molecule has 2 rings (SSSR count). The minimum atomic E-state index is 0.809. The van der Waals surface area contributed by atoms with E-state index in [2.05, 4.69) is 24.2 Å². The van der Waals surface area contributed by atoms with E-state index in [0.717, 1.165) is 24.7 Å². The third kappa shape index (κ3) is 2.21. The van der Waals surface area contributed by atoms with Crippen LogP contribution in [0.2, 0.25) is 0 Å². The first-order valence-electron chi connectivity index (χ1n) is 6.06. The van der Waals surface area contributed by atoms with Crippen LogP contribution in [0.3, 0.4) is 0 Å². The molecule has 1 heterocycles. The van der Waals surface area contributed by atoms with Crippen molar-refractivity contribution < 1.29 is 0 Å². The van der Waals surface area contributed by atoms with E-state index in [4.69, 9.17) is 0 Å². The van der Waals surface area contributed by atoms with Gasteiger partial charge >= 0.3 is 0 Å². The summed E-state index contributed by atoms with van der Waals surface area (Å²) in [6.45, 7) is 4.67. The molecule has 0 saturated carbocycles. The molecule has 1 unspecified atom stereocenters. The van der Waals surface area contributed by atoms with E-state index in [9.17, 15) is 0 Å². The summed E-state index contributed by atoms with van der Waals surface area (Å²) in [5, 5.41) is 8.38. The Morgan fingerprint density at radius 2 is 2.07 bits per heavy atom. The standard InChI is InChI=1S/C12H21N3/c1-9(2)10-5-4-6-12-11(8-7-10)13-14-15(12)3/h9-10H,4-8H2,1-3H3. The number of hydrogen-bond acceptors (Lipinski definition) is 2. The van der Waals surface area contributed by atoms with Gasteiger partial charge in [0, 0.05) is 7.05 Å². The van der Waals surface area contributed by atoms with E-state index in [0.29, 0.717) is 0 Å². The summed E-state index contributed by atoms with van der Waals surface area (Å²) in [5.41, 5.74) is 2.60. The van der Waals surface area contributed by atoms with E-state index < -0.39 is 0 Å². The highest BCUT2D eigenvalue weighted by Gasteiger charge is 2.19. The molecule has 0 aliphatic heterocycles. The summed E-state index contributed by atoms with van der Waals surface area (Å²) in [5.74, 6) is 1.68. The minimum Gasteiger partial charge on any atom is -0.252 e. The maximum atomic E-state index is 4.26. The summed E-state index contributed by atoms with van der Waals surface area (Å²) in [4.78, 5) is 0. The van der Waals surface area contributed by atoms with Gasteiger partial charge in [-0.05, 0) is 43.9 Å². The summed E-state index contributed by atoms with van der Waals surface area (Å²) >= 11 is 0. The van der Waals surface area contributed by atoms with Crippen LogP contribution in [0.25, 0.3) is 0 Å². The second-order valence-corrected chi connectivity index (χ2v) is 5.04. The maximum Gasteiger partial charge on any atom is 0.0859 e. The van der Waals surface area contributed by atoms with Gasteiger partial charge in [-0.15, -0.1) is 5.10 Å². The molecule has 84 valence electrons. The van der Waals surface area contributed by atoms with Crippen molar-refractivity contribution in [1.82, 2.24) is 15.0 Å². The topological polar surface area (TPSA) is 30.7 Å². The molecule has 1 aliphatic rings. The molecule has 1 aromatic rings. The van der Waals surface area contributed by atoms with Gasteiger partial charge in [0.15, 0.2) is 0 Å². The van der Waals surface area contributed by atoms with Gasteiger partial charge in [0.2, 0.25) is 0 Å². The summed E-state index contributed by atoms with van der Waals surface area (Å²) in [6, 6.07) is 0. The first-order chi connectivity index (χ1) is 7.18. The van der Waals surface area contributed by atoms with Gasteiger partial charge in [0.1, 0.15) is 0 Å². The first-order valence-corrected chi connectivity index (χ1v) is 6.06. The monoisotopic (exact) mass is 207 g/mol. The smallest absolute Gasteiger partial charge is 0.0859 e. The number of aryl methyl sites for hydroxylation is 2. The normalized spacial score (nSPS) is 22.3. The van der Waals surface area contributed by atoms with E-state index in [-0.39, 0.29) is 0 Å². The van der Waals surface area contributed by atoms with Crippen LogP contribution in [-0.2, 0) is 19.9 Å². The number of rotatable bonds is 1. The van der Waals surface area contributed by atoms with Crippen LogP contribution in [0, 0.1) is 11.8 Å². The Balaban J connectivity index is 2.12. The highest BCUT2D eigenvalue weighted by Crippen LogP contribution is 2.27. The van der Waals surface area contributed by atoms with E-state index >= 15 is 0 Å². The van der Waals surface area contributed by atoms with Crippen molar-refractivity contribution in [3.63, 3.8) is 0 Å². The van der Waals surface area contributed by atoms with Gasteiger partial charge in [-0.2, -0.15) is 0 Å². The van der Waals surface area contributed by atoms with Crippen molar-refractivity contribution in [2.24, 2.45) is 18.9 Å². The molecule has 0 spiro atoms. The van der Waals surface area contributed by atoms with Crippen molar-refractivity contribution >= 4 is 0 Å². The summed E-state index contributed by atoms with van der Waals surface area (Å²) in [6.07, 6.45) is 6.21. The van der Waals surface area contributed by atoms with Crippen molar-refractivity contribution in [1.29, 1.82) is 0 Å². The Labute approximate surface area is 91.9 Å². The highest BCUT2D eigenvalue weighted by atomic mass is 15.4. The second kappa shape index (κ2) is 4.33. The lowest BCUT2D eigenvalue weighted by Crippen LogP contribution is -2.14. The van der Waals surface area contributed by atoms with Gasteiger partial charge in [0.25, 0.3) is 0 Å². The molecule has 0 saturated heterocycles. The second-order valence-electron chi connectivity index (χ2n) is 5.04. The lowest BCUT2D eigenvalue weighted by atomic mass is 9.84. The van der Waals surface area contributed by atoms with Crippen LogP contribution in [-0.4, -0.2) is 15.0 Å². The molecule has 15 heavy (non-hydrogen) atoms. The molecule has 1 atom stereocenters. The maximum absolute atomic E-state index is 4.26. The molecule has 0 radical (unpaired) electrons. The van der Waals surface area contributed by atoms with Crippen molar-refractivity contribution in [2.75, 3.05) is 0 Å². The van der Waals surface area contributed by atoms with Crippen LogP contribution in [0.15, 0.2) is 0 Å². The van der Waals surface area contributed by atoms with Crippen LogP contribution in [0.5, 0.6) is 0 Å². The van der Waals surface area contributed by atoms with E-state index in [1.807, 2.05) is 11.7 Å². The minimum absolute atomic E-state index is 0.809. The molecule has 0 fully saturated rings. The van der Waals surface area contributed by atoms with Crippen molar-refractivity contribution in [3.8, 4) is 0 Å². The quantitative estimate of drug-likeness (QED) is 0.707. The molecule has 0 aromatic carbocycles. The Bertz CT molecular complexity index is 328. The van der Waals surface area contributed by atoms with E-state index in [1.165, 1.54) is 30.7 Å². The highest BCUT2D eigenvalue weighted by molar-refractivity contribution is 5.11. The molecule has 1 aromatic heterocycles. The molecule has 3 heteroatoms. The SMILES string of the molecule is CC(C)C1CCCc2c(nnn2C)CC1. The molecule has 0 bridgehead atoms. The largest absolute Gasteiger partial charge is 0.252 e. The third-order valence-electron chi connectivity index (χ3n) is 3.71. The van der Waals surface area contributed by atoms with Crippen LogP contribution >= 0.6 is 0 Å². The molecule has 3 nitrogen and oxygen atoms in total. The van der Waals surface area contributed by atoms with Gasteiger partial charge in [0.05, 0.1) is 11.4 Å². The number of nitrogens with zero attached hydrogens (tertiary/aromatic N) is 3. The summed E-state index contributed by atoms with van der Waals surface area (Å²) < 4.78 is 1.95. The Morgan fingerprint density at radius 3 is 2.80 bits per heavy atom. The Morgan fingerprint density at radius 1 is 1.27 bits per heavy atom. The van der Waals surface area contributed by atoms with E-state index in [1.54, 1.807) is 0 Å². The average Bonchev–Trinajstić information content (AvgIpc) is 2.46. The van der Waals surface area contributed by atoms with Crippen molar-refractivity contribution in [2.45, 2.75) is 46.0 Å². The fraction of sp³-hybridized carbons (Fsp3) is 0.833. The lowest BCUT2D eigenvalue weighted by Gasteiger charge is -2.22. The number of fused-ring (bicyclic) bond motifs is 1. The molecule has 1 aliphatic carbocycles. The van der Waals surface area contributed by atoms with Gasteiger partial charge in [-0.1, -0.05) is 19.1 Å². The zero-order valence-corrected chi connectivity index (χ0v) is 10.0. The molecule has 0 amide bonds. The van der Waals surface area contributed by atoms with Crippen LogP contribution in [0.1, 0.15) is 44.5 Å². The van der Waals surface area contributed by atoms with Gasteiger partial charge in [-0.3, -0.25) is 4.68 Å².